The fourth-order valence-electron chi connectivity index (χ4n) is 2.90. The topological polar surface area (TPSA) is 81.0 Å². The second kappa shape index (κ2) is 5.77. The predicted molar refractivity (Wildman–Crippen MR) is 82.5 cm³/mol. The zero-order valence-corrected chi connectivity index (χ0v) is 13.5. The third kappa shape index (κ3) is 2.76. The summed E-state index contributed by atoms with van der Waals surface area (Å²) in [5.41, 5.74) is 2.31. The largest absolute Gasteiger partial charge is 0.264 e. The minimum absolute atomic E-state index is 0.222. The van der Waals surface area contributed by atoms with Crippen molar-refractivity contribution in [3.05, 3.63) is 30.4 Å². The minimum atomic E-state index is -3.23. The van der Waals surface area contributed by atoms with E-state index in [1.54, 1.807) is 18.6 Å². The van der Waals surface area contributed by atoms with Crippen molar-refractivity contribution in [1.82, 2.24) is 24.1 Å². The Labute approximate surface area is 130 Å². The van der Waals surface area contributed by atoms with Crippen LogP contribution in [0.15, 0.2) is 24.7 Å². The molecular formula is C14H19N5O2S. The Morgan fingerprint density at radius 1 is 1.36 bits per heavy atom. The maximum absolute atomic E-state index is 11.9. The van der Waals surface area contributed by atoms with Crippen molar-refractivity contribution in [2.45, 2.75) is 32.4 Å². The lowest BCUT2D eigenvalue weighted by Gasteiger charge is -2.21. The average Bonchev–Trinajstić information content (AvgIpc) is 3.15. The fourth-order valence-corrected chi connectivity index (χ4v) is 4.04. The zero-order valence-electron chi connectivity index (χ0n) is 12.7. The molecule has 0 N–H and O–H groups in total. The van der Waals surface area contributed by atoms with Gasteiger partial charge in [-0.15, -0.1) is 0 Å². The Balaban J connectivity index is 1.98. The third-order valence-corrected chi connectivity index (χ3v) is 5.19. The van der Waals surface area contributed by atoms with Crippen molar-refractivity contribution in [3.63, 3.8) is 0 Å². The van der Waals surface area contributed by atoms with Gasteiger partial charge in [0.25, 0.3) is 0 Å². The van der Waals surface area contributed by atoms with Gasteiger partial charge in [0.1, 0.15) is 5.69 Å². The molecule has 3 rings (SSSR count). The highest BCUT2D eigenvalue weighted by Gasteiger charge is 2.33. The summed E-state index contributed by atoms with van der Waals surface area (Å²) in [6.07, 6.45) is 7.94. The lowest BCUT2D eigenvalue weighted by molar-refractivity contribution is 0.393. The van der Waals surface area contributed by atoms with Crippen LogP contribution in [0.5, 0.6) is 0 Å². The minimum Gasteiger partial charge on any atom is -0.264 e. The molecule has 0 aromatic carbocycles. The highest BCUT2D eigenvalue weighted by molar-refractivity contribution is 7.88. The van der Waals surface area contributed by atoms with Crippen LogP contribution < -0.4 is 0 Å². The summed E-state index contributed by atoms with van der Waals surface area (Å²) in [6.45, 7) is 3.30. The van der Waals surface area contributed by atoms with E-state index in [4.69, 9.17) is 0 Å². The molecule has 0 aliphatic carbocycles. The Kier molecular flexibility index (Phi) is 3.96. The summed E-state index contributed by atoms with van der Waals surface area (Å²) in [5, 5.41) is 4.24. The van der Waals surface area contributed by atoms with Gasteiger partial charge in [0, 0.05) is 19.3 Å². The molecule has 1 fully saturated rings. The summed E-state index contributed by atoms with van der Waals surface area (Å²) in [6, 6.07) is 1.67. The first-order valence-electron chi connectivity index (χ1n) is 7.31. The molecule has 0 saturated carbocycles. The van der Waals surface area contributed by atoms with Gasteiger partial charge in [0.2, 0.25) is 10.0 Å². The van der Waals surface area contributed by atoms with Crippen LogP contribution in [0.4, 0.5) is 0 Å². The molecule has 0 bridgehead atoms. The Morgan fingerprint density at radius 2 is 2.18 bits per heavy atom. The van der Waals surface area contributed by atoms with Crippen molar-refractivity contribution in [3.8, 4) is 11.4 Å². The van der Waals surface area contributed by atoms with Crippen LogP contribution in [0.3, 0.4) is 0 Å². The van der Waals surface area contributed by atoms with E-state index in [0.29, 0.717) is 12.2 Å². The molecule has 7 nitrogen and oxygen atoms in total. The van der Waals surface area contributed by atoms with E-state index in [1.807, 2.05) is 17.7 Å². The van der Waals surface area contributed by atoms with Crippen molar-refractivity contribution in [2.75, 3.05) is 12.8 Å². The summed E-state index contributed by atoms with van der Waals surface area (Å²) >= 11 is 0. The second-order valence-corrected chi connectivity index (χ2v) is 7.33. The second-order valence-electron chi connectivity index (χ2n) is 5.39. The lowest BCUT2D eigenvalue weighted by atomic mass is 10.1. The predicted octanol–water partition coefficient (Wildman–Crippen LogP) is 1.46. The van der Waals surface area contributed by atoms with Gasteiger partial charge in [-0.25, -0.2) is 13.4 Å². The van der Waals surface area contributed by atoms with E-state index >= 15 is 0 Å². The number of sulfonamides is 1. The molecule has 1 atom stereocenters. The van der Waals surface area contributed by atoms with Gasteiger partial charge in [0.15, 0.2) is 0 Å². The molecular weight excluding hydrogens is 302 g/mol. The molecule has 118 valence electrons. The van der Waals surface area contributed by atoms with Crippen LogP contribution in [-0.4, -0.2) is 45.3 Å². The Hall–Kier alpha value is -1.80. The van der Waals surface area contributed by atoms with E-state index in [9.17, 15) is 8.42 Å². The molecule has 0 unspecified atom stereocenters. The van der Waals surface area contributed by atoms with E-state index < -0.39 is 10.0 Å². The summed E-state index contributed by atoms with van der Waals surface area (Å²) in [7, 11) is -3.23. The Bertz CT molecular complexity index is 771. The van der Waals surface area contributed by atoms with Crippen LogP contribution in [0.1, 0.15) is 31.5 Å². The molecule has 3 heterocycles. The number of aromatic nitrogens is 4. The van der Waals surface area contributed by atoms with Gasteiger partial charge in [0.05, 0.1) is 36.1 Å². The van der Waals surface area contributed by atoms with Crippen LogP contribution in [0, 0.1) is 0 Å². The highest BCUT2D eigenvalue weighted by Crippen LogP contribution is 2.33. The number of hydrogen-bond acceptors (Lipinski definition) is 5. The SMILES string of the molecule is CCn1nccc1-c1cncc([C@H]2CCCN2S(C)(=O)=O)n1. The first-order chi connectivity index (χ1) is 10.5. The van der Waals surface area contributed by atoms with Crippen molar-refractivity contribution in [2.24, 2.45) is 0 Å². The monoisotopic (exact) mass is 321 g/mol. The molecule has 8 heteroatoms. The number of rotatable bonds is 4. The van der Waals surface area contributed by atoms with Crippen LogP contribution in [0.2, 0.25) is 0 Å². The summed E-state index contributed by atoms with van der Waals surface area (Å²) in [4.78, 5) is 8.89. The fraction of sp³-hybridized carbons (Fsp3) is 0.500. The van der Waals surface area contributed by atoms with Gasteiger partial charge in [-0.3, -0.25) is 9.67 Å². The zero-order chi connectivity index (χ0) is 15.7. The molecule has 1 aliphatic heterocycles. The number of hydrogen-bond donors (Lipinski definition) is 0. The van der Waals surface area contributed by atoms with E-state index in [2.05, 4.69) is 15.1 Å². The molecule has 1 aliphatic rings. The van der Waals surface area contributed by atoms with Crippen LogP contribution in [-0.2, 0) is 16.6 Å². The first kappa shape index (κ1) is 15.1. The molecule has 2 aromatic heterocycles. The molecule has 0 amide bonds. The van der Waals surface area contributed by atoms with Crippen LogP contribution >= 0.6 is 0 Å². The van der Waals surface area contributed by atoms with E-state index in [-0.39, 0.29) is 6.04 Å². The molecule has 0 spiro atoms. The number of aryl methyl sites for hydroxylation is 1. The quantitative estimate of drug-likeness (QED) is 0.851. The van der Waals surface area contributed by atoms with Crippen LogP contribution in [0.25, 0.3) is 11.4 Å². The smallest absolute Gasteiger partial charge is 0.211 e. The van der Waals surface area contributed by atoms with Crippen molar-refractivity contribution in [1.29, 1.82) is 0 Å². The van der Waals surface area contributed by atoms with E-state index in [0.717, 1.165) is 30.8 Å². The van der Waals surface area contributed by atoms with Gasteiger partial charge < -0.3 is 0 Å². The standard InChI is InChI=1S/C14H19N5O2S/c1-3-18-13(6-7-16-18)11-9-15-10-12(17-11)14-5-4-8-19(14)22(2,20)21/h6-7,9-10,14H,3-5,8H2,1-2H3/t14-/m1/s1. The van der Waals surface area contributed by atoms with Gasteiger partial charge in [-0.05, 0) is 25.8 Å². The maximum atomic E-state index is 11.9. The first-order valence-corrected chi connectivity index (χ1v) is 9.16. The van der Waals surface area contributed by atoms with Crippen molar-refractivity contribution >= 4 is 10.0 Å². The summed E-state index contributed by atoms with van der Waals surface area (Å²) in [5.74, 6) is 0. The summed E-state index contributed by atoms with van der Waals surface area (Å²) < 4.78 is 27.1. The maximum Gasteiger partial charge on any atom is 0.211 e. The van der Waals surface area contributed by atoms with Gasteiger partial charge >= 0.3 is 0 Å². The van der Waals surface area contributed by atoms with Crippen molar-refractivity contribution < 1.29 is 8.42 Å². The molecule has 0 radical (unpaired) electrons. The van der Waals surface area contributed by atoms with E-state index in [1.165, 1.54) is 10.6 Å². The lowest BCUT2D eigenvalue weighted by Crippen LogP contribution is -2.30. The molecule has 2 aromatic rings. The normalized spacial score (nSPS) is 19.6. The van der Waals surface area contributed by atoms with Gasteiger partial charge in [-0.2, -0.15) is 9.40 Å². The molecule has 22 heavy (non-hydrogen) atoms. The average molecular weight is 321 g/mol. The highest BCUT2D eigenvalue weighted by atomic mass is 32.2. The third-order valence-electron chi connectivity index (χ3n) is 3.90. The van der Waals surface area contributed by atoms with Gasteiger partial charge in [-0.1, -0.05) is 0 Å². The number of nitrogens with zero attached hydrogens (tertiary/aromatic N) is 5. The Morgan fingerprint density at radius 3 is 2.91 bits per heavy atom. The molecule has 1 saturated heterocycles.